The van der Waals surface area contributed by atoms with Gasteiger partial charge in [0.2, 0.25) is 11.9 Å². The number of nitrogens with one attached hydrogen (secondary N) is 1. The van der Waals surface area contributed by atoms with Crippen LogP contribution in [0.5, 0.6) is 0 Å². The highest BCUT2D eigenvalue weighted by Gasteiger charge is 2.09. The van der Waals surface area contributed by atoms with Gasteiger partial charge in [0.25, 0.3) is 0 Å². The second-order valence-electron chi connectivity index (χ2n) is 5.33. The van der Waals surface area contributed by atoms with Crippen molar-refractivity contribution in [2.24, 2.45) is 0 Å². The zero-order valence-corrected chi connectivity index (χ0v) is 16.5. The number of thioether (sulfide) groups is 1. The van der Waals surface area contributed by atoms with Gasteiger partial charge in [0, 0.05) is 15.1 Å². The maximum absolute atomic E-state index is 11.9. The van der Waals surface area contributed by atoms with Crippen molar-refractivity contribution in [3.8, 4) is 0 Å². The molecular weight excluding hydrogens is 430 g/mol. The Morgan fingerprint density at radius 3 is 2.56 bits per heavy atom. The van der Waals surface area contributed by atoms with Crippen LogP contribution in [-0.4, -0.2) is 26.7 Å². The molecule has 0 aliphatic heterocycles. The van der Waals surface area contributed by atoms with E-state index >= 15 is 0 Å². The molecule has 0 fully saturated rings. The number of ether oxygens (including phenoxy) is 1. The fourth-order valence-corrected chi connectivity index (χ4v) is 3.03. The molecule has 0 radical (unpaired) electrons. The summed E-state index contributed by atoms with van der Waals surface area (Å²) in [6, 6.07) is 17.1. The number of anilines is 3. The molecular formula is C18H16BrN5O2S. The van der Waals surface area contributed by atoms with Gasteiger partial charge in [-0.3, -0.25) is 4.79 Å². The molecule has 9 heteroatoms. The Labute approximate surface area is 168 Å². The van der Waals surface area contributed by atoms with E-state index in [1.54, 1.807) is 0 Å². The van der Waals surface area contributed by atoms with E-state index in [0.717, 1.165) is 15.1 Å². The molecule has 3 aromatic rings. The molecule has 0 amide bonds. The van der Waals surface area contributed by atoms with Gasteiger partial charge in [0.15, 0.2) is 12.4 Å². The molecule has 0 saturated carbocycles. The summed E-state index contributed by atoms with van der Waals surface area (Å²) in [5.41, 5.74) is 6.53. The Hall–Kier alpha value is -2.65. The third-order valence-electron chi connectivity index (χ3n) is 3.26. The molecule has 3 rings (SSSR count). The monoisotopic (exact) mass is 445 g/mol. The van der Waals surface area contributed by atoms with E-state index in [1.807, 2.05) is 54.6 Å². The van der Waals surface area contributed by atoms with E-state index in [0.29, 0.717) is 5.95 Å². The van der Waals surface area contributed by atoms with E-state index in [-0.39, 0.29) is 30.1 Å². The minimum Gasteiger partial charge on any atom is -0.457 e. The van der Waals surface area contributed by atoms with Crippen molar-refractivity contribution in [2.75, 3.05) is 16.8 Å². The second kappa shape index (κ2) is 9.33. The number of aromatic nitrogens is 3. The van der Waals surface area contributed by atoms with Crippen molar-refractivity contribution >= 4 is 51.2 Å². The molecule has 1 aromatic heterocycles. The minimum absolute atomic E-state index is 0.0544. The van der Waals surface area contributed by atoms with Crippen molar-refractivity contribution in [3.63, 3.8) is 0 Å². The summed E-state index contributed by atoms with van der Waals surface area (Å²) in [5.74, 6) is 0.460. The summed E-state index contributed by atoms with van der Waals surface area (Å²) in [6.45, 7) is -0.0735. The molecule has 0 atom stereocenters. The molecule has 0 spiro atoms. The zero-order valence-electron chi connectivity index (χ0n) is 14.1. The summed E-state index contributed by atoms with van der Waals surface area (Å²) < 4.78 is 6.22. The highest BCUT2D eigenvalue weighted by molar-refractivity contribution is 9.10. The van der Waals surface area contributed by atoms with Gasteiger partial charge in [0.1, 0.15) is 0 Å². The Morgan fingerprint density at radius 1 is 1.07 bits per heavy atom. The van der Waals surface area contributed by atoms with Crippen LogP contribution in [0.25, 0.3) is 0 Å². The Morgan fingerprint density at radius 2 is 1.81 bits per heavy atom. The quantitative estimate of drug-likeness (QED) is 0.418. The van der Waals surface area contributed by atoms with Crippen LogP contribution in [0.4, 0.5) is 17.6 Å². The lowest BCUT2D eigenvalue weighted by Gasteiger charge is -2.08. The first kappa shape index (κ1) is 19.1. The van der Waals surface area contributed by atoms with Crippen molar-refractivity contribution < 1.29 is 9.53 Å². The van der Waals surface area contributed by atoms with Gasteiger partial charge < -0.3 is 15.8 Å². The predicted molar refractivity (Wildman–Crippen MR) is 109 cm³/mol. The molecule has 0 aliphatic carbocycles. The van der Waals surface area contributed by atoms with E-state index in [4.69, 9.17) is 10.5 Å². The average molecular weight is 446 g/mol. The molecule has 0 saturated heterocycles. The summed E-state index contributed by atoms with van der Waals surface area (Å²) in [7, 11) is 0. The second-order valence-corrected chi connectivity index (χ2v) is 7.29. The van der Waals surface area contributed by atoms with Gasteiger partial charge >= 0.3 is 5.97 Å². The van der Waals surface area contributed by atoms with Crippen molar-refractivity contribution in [2.45, 2.75) is 11.5 Å². The molecule has 7 nitrogen and oxygen atoms in total. The number of hydrogen-bond donors (Lipinski definition) is 2. The van der Waals surface area contributed by atoms with Crippen LogP contribution in [-0.2, 0) is 16.1 Å². The van der Waals surface area contributed by atoms with E-state index in [9.17, 15) is 4.79 Å². The number of carbonyl (C=O) groups excluding carboxylic acids is 1. The van der Waals surface area contributed by atoms with Crippen LogP contribution >= 0.6 is 27.7 Å². The van der Waals surface area contributed by atoms with Gasteiger partial charge in [-0.2, -0.15) is 15.0 Å². The molecule has 0 aliphatic rings. The average Bonchev–Trinajstić information content (AvgIpc) is 2.66. The fraction of sp³-hybridized carbons (Fsp3) is 0.111. The largest absolute Gasteiger partial charge is 0.457 e. The van der Waals surface area contributed by atoms with Gasteiger partial charge in [-0.25, -0.2) is 0 Å². The summed E-state index contributed by atoms with van der Waals surface area (Å²) >= 11 is 4.77. The number of nitrogens with two attached hydrogens (primary N) is 1. The first-order chi connectivity index (χ1) is 13.1. The third kappa shape index (κ3) is 6.22. The van der Waals surface area contributed by atoms with Gasteiger partial charge in [0.05, 0.1) is 5.75 Å². The number of nitrogen functional groups attached to an aromatic ring is 1. The van der Waals surface area contributed by atoms with Gasteiger partial charge in [-0.15, -0.1) is 11.8 Å². The van der Waals surface area contributed by atoms with Crippen molar-refractivity contribution in [3.05, 3.63) is 64.9 Å². The first-order valence-corrected chi connectivity index (χ1v) is 9.73. The molecule has 2 aromatic carbocycles. The van der Waals surface area contributed by atoms with E-state index < -0.39 is 0 Å². The lowest BCUT2D eigenvalue weighted by Crippen LogP contribution is -2.12. The zero-order chi connectivity index (χ0) is 19.1. The van der Waals surface area contributed by atoms with Gasteiger partial charge in [-0.05, 0) is 36.4 Å². The predicted octanol–water partition coefficient (Wildman–Crippen LogP) is 3.80. The highest BCUT2D eigenvalue weighted by Crippen LogP contribution is 2.20. The number of benzene rings is 2. The van der Waals surface area contributed by atoms with E-state index in [1.165, 1.54) is 11.8 Å². The van der Waals surface area contributed by atoms with Crippen LogP contribution in [0, 0.1) is 0 Å². The molecule has 27 heavy (non-hydrogen) atoms. The third-order valence-corrected chi connectivity index (χ3v) is 4.78. The lowest BCUT2D eigenvalue weighted by molar-refractivity contribution is -0.141. The lowest BCUT2D eigenvalue weighted by atomic mass is 10.3. The van der Waals surface area contributed by atoms with Crippen LogP contribution in [0.3, 0.4) is 0 Å². The smallest absolute Gasteiger partial charge is 0.316 e. The Balaban J connectivity index is 1.54. The molecule has 138 valence electrons. The topological polar surface area (TPSA) is 103 Å². The number of carbonyl (C=O) groups is 1. The number of esters is 1. The molecule has 0 unspecified atom stereocenters. The Bertz CT molecular complexity index is 909. The fourth-order valence-electron chi connectivity index (χ4n) is 2.07. The first-order valence-electron chi connectivity index (χ1n) is 7.95. The summed E-state index contributed by atoms with van der Waals surface area (Å²) in [4.78, 5) is 25.2. The maximum atomic E-state index is 11.9. The summed E-state index contributed by atoms with van der Waals surface area (Å²) in [5, 5.41) is 3.03. The van der Waals surface area contributed by atoms with Crippen LogP contribution in [0.1, 0.15) is 5.82 Å². The molecule has 0 bridgehead atoms. The van der Waals surface area contributed by atoms with Crippen LogP contribution < -0.4 is 11.1 Å². The maximum Gasteiger partial charge on any atom is 0.316 e. The molecule has 3 N–H and O–H groups in total. The SMILES string of the molecule is Nc1nc(COC(=O)CSc2ccc(Br)cc2)nc(Nc2ccccc2)n1. The standard InChI is InChI=1S/C18H16BrN5O2S/c19-12-6-8-14(9-7-12)27-11-16(25)26-10-15-22-17(20)24-18(23-15)21-13-4-2-1-3-5-13/h1-9H,10-11H2,(H3,20,21,22,23,24). The number of hydrogen-bond acceptors (Lipinski definition) is 8. The number of nitrogens with zero attached hydrogens (tertiary/aromatic N) is 3. The van der Waals surface area contributed by atoms with Crippen molar-refractivity contribution in [1.82, 2.24) is 15.0 Å². The number of para-hydroxylation sites is 1. The van der Waals surface area contributed by atoms with E-state index in [2.05, 4.69) is 36.2 Å². The van der Waals surface area contributed by atoms with Crippen molar-refractivity contribution in [1.29, 1.82) is 0 Å². The normalized spacial score (nSPS) is 10.4. The minimum atomic E-state index is -0.362. The highest BCUT2D eigenvalue weighted by atomic mass is 79.9. The van der Waals surface area contributed by atoms with Crippen LogP contribution in [0.2, 0.25) is 0 Å². The number of halogens is 1. The van der Waals surface area contributed by atoms with Gasteiger partial charge in [-0.1, -0.05) is 34.1 Å². The summed E-state index contributed by atoms with van der Waals surface area (Å²) in [6.07, 6.45) is 0. The van der Waals surface area contributed by atoms with Crippen LogP contribution in [0.15, 0.2) is 64.0 Å². The number of rotatable bonds is 7. The Kier molecular flexibility index (Phi) is 6.61. The molecule has 1 heterocycles.